The van der Waals surface area contributed by atoms with Crippen LogP contribution in [0.3, 0.4) is 0 Å². The summed E-state index contributed by atoms with van der Waals surface area (Å²) >= 11 is 6.00. The molecule has 0 amide bonds. The van der Waals surface area contributed by atoms with Crippen LogP contribution in [0.4, 0.5) is 4.39 Å². The zero-order chi connectivity index (χ0) is 20.7. The molecular formula is C23H22ClFN4O. The minimum absolute atomic E-state index is 0.133. The van der Waals surface area contributed by atoms with Gasteiger partial charge in [-0.05, 0) is 74.3 Å². The summed E-state index contributed by atoms with van der Waals surface area (Å²) in [6.45, 7) is 2.82. The smallest absolute Gasteiger partial charge is 0.258 e. The molecule has 5 nitrogen and oxygen atoms in total. The first-order valence-electron chi connectivity index (χ1n) is 10.2. The quantitative estimate of drug-likeness (QED) is 0.502. The molecule has 2 N–H and O–H groups in total. The molecular weight excluding hydrogens is 403 g/mol. The zero-order valence-electron chi connectivity index (χ0n) is 16.4. The third-order valence-corrected chi connectivity index (χ3v) is 6.32. The van der Waals surface area contributed by atoms with Gasteiger partial charge >= 0.3 is 0 Å². The van der Waals surface area contributed by atoms with E-state index in [1.54, 1.807) is 30.3 Å². The molecule has 5 rings (SSSR count). The predicted molar refractivity (Wildman–Crippen MR) is 118 cm³/mol. The summed E-state index contributed by atoms with van der Waals surface area (Å²) < 4.78 is 13.6. The summed E-state index contributed by atoms with van der Waals surface area (Å²) in [5, 5.41) is 2.02. The van der Waals surface area contributed by atoms with Crippen molar-refractivity contribution < 1.29 is 4.39 Å². The highest BCUT2D eigenvalue weighted by molar-refractivity contribution is 6.31. The monoisotopic (exact) mass is 424 g/mol. The van der Waals surface area contributed by atoms with Crippen LogP contribution in [0.2, 0.25) is 5.02 Å². The average Bonchev–Trinajstić information content (AvgIpc) is 3.15. The summed E-state index contributed by atoms with van der Waals surface area (Å²) in [4.78, 5) is 25.7. The van der Waals surface area contributed by atoms with E-state index in [0.29, 0.717) is 15.9 Å². The van der Waals surface area contributed by atoms with E-state index in [2.05, 4.69) is 19.9 Å². The molecule has 1 saturated heterocycles. The van der Waals surface area contributed by atoms with Gasteiger partial charge in [-0.15, -0.1) is 0 Å². The second-order valence-electron chi connectivity index (χ2n) is 7.98. The Labute approximate surface area is 177 Å². The van der Waals surface area contributed by atoms with Crippen LogP contribution >= 0.6 is 11.6 Å². The van der Waals surface area contributed by atoms with Crippen molar-refractivity contribution in [2.24, 2.45) is 0 Å². The van der Waals surface area contributed by atoms with Crippen molar-refractivity contribution in [2.75, 3.05) is 19.6 Å². The van der Waals surface area contributed by atoms with Gasteiger partial charge in [-0.1, -0.05) is 11.6 Å². The standard InChI is InChI=1S/C23H22ClFN4O/c24-16-1-3-21-19(11-16)23(30)28-22(27-21)14-5-8-29(9-6-14)10-7-15-13-26-20-4-2-17(25)12-18(15)20/h1-4,11-14,26H,5-10H2,(H,27,28,30). The lowest BCUT2D eigenvalue weighted by Crippen LogP contribution is -2.35. The molecule has 0 spiro atoms. The highest BCUT2D eigenvalue weighted by Gasteiger charge is 2.23. The zero-order valence-corrected chi connectivity index (χ0v) is 17.2. The Hall–Kier alpha value is -2.70. The topological polar surface area (TPSA) is 64.8 Å². The Balaban J connectivity index is 1.24. The number of H-pyrrole nitrogens is 2. The first-order valence-corrected chi connectivity index (χ1v) is 10.6. The summed E-state index contributed by atoms with van der Waals surface area (Å²) in [6, 6.07) is 10.1. The first-order chi connectivity index (χ1) is 14.6. The summed E-state index contributed by atoms with van der Waals surface area (Å²) in [5.41, 5.74) is 2.67. The predicted octanol–water partition coefficient (Wildman–Crippen LogP) is 4.62. The number of aromatic nitrogens is 3. The van der Waals surface area contributed by atoms with E-state index in [1.807, 2.05) is 6.20 Å². The van der Waals surface area contributed by atoms with E-state index in [0.717, 1.165) is 61.2 Å². The van der Waals surface area contributed by atoms with Crippen molar-refractivity contribution in [3.05, 3.63) is 75.2 Å². The fourth-order valence-corrected chi connectivity index (χ4v) is 4.56. The first kappa shape index (κ1) is 19.3. The molecule has 7 heteroatoms. The molecule has 0 atom stereocenters. The average molecular weight is 425 g/mol. The van der Waals surface area contributed by atoms with Crippen LogP contribution in [0.5, 0.6) is 0 Å². The van der Waals surface area contributed by atoms with Crippen molar-refractivity contribution in [2.45, 2.75) is 25.2 Å². The highest BCUT2D eigenvalue weighted by atomic mass is 35.5. The van der Waals surface area contributed by atoms with E-state index in [-0.39, 0.29) is 17.3 Å². The molecule has 1 aliphatic rings. The number of hydrogen-bond acceptors (Lipinski definition) is 3. The molecule has 0 unspecified atom stereocenters. The van der Waals surface area contributed by atoms with Crippen molar-refractivity contribution in [1.82, 2.24) is 19.9 Å². The van der Waals surface area contributed by atoms with Gasteiger partial charge in [-0.2, -0.15) is 0 Å². The molecule has 0 saturated carbocycles. The summed E-state index contributed by atoms with van der Waals surface area (Å²) in [6.07, 6.45) is 4.75. The largest absolute Gasteiger partial charge is 0.361 e. The van der Waals surface area contributed by atoms with Gasteiger partial charge in [0.1, 0.15) is 11.6 Å². The van der Waals surface area contributed by atoms with Crippen LogP contribution in [0.25, 0.3) is 21.8 Å². The second-order valence-corrected chi connectivity index (χ2v) is 8.42. The number of nitrogens with zero attached hydrogens (tertiary/aromatic N) is 2. The van der Waals surface area contributed by atoms with Gasteiger partial charge in [0.15, 0.2) is 0 Å². The highest BCUT2D eigenvalue weighted by Crippen LogP contribution is 2.27. The maximum absolute atomic E-state index is 13.6. The molecule has 3 heterocycles. The molecule has 30 heavy (non-hydrogen) atoms. The van der Waals surface area contributed by atoms with E-state index in [4.69, 9.17) is 11.6 Å². The maximum Gasteiger partial charge on any atom is 0.258 e. The summed E-state index contributed by atoms with van der Waals surface area (Å²) in [7, 11) is 0. The van der Waals surface area contributed by atoms with Gasteiger partial charge in [0.2, 0.25) is 0 Å². The number of likely N-dealkylation sites (tertiary alicyclic amines) is 1. The SMILES string of the molecule is O=c1[nH]c(C2CCN(CCc3c[nH]c4ccc(F)cc34)CC2)nc2ccc(Cl)cc12. The molecule has 2 aromatic heterocycles. The number of piperidine rings is 1. The minimum atomic E-state index is -0.205. The maximum atomic E-state index is 13.6. The number of fused-ring (bicyclic) bond motifs is 2. The Morgan fingerprint density at radius 3 is 2.80 bits per heavy atom. The van der Waals surface area contributed by atoms with Gasteiger partial charge in [0.05, 0.1) is 10.9 Å². The van der Waals surface area contributed by atoms with Crippen LogP contribution in [0.1, 0.15) is 30.1 Å². The van der Waals surface area contributed by atoms with E-state index < -0.39 is 0 Å². The van der Waals surface area contributed by atoms with Crippen molar-refractivity contribution in [1.29, 1.82) is 0 Å². The minimum Gasteiger partial charge on any atom is -0.361 e. The van der Waals surface area contributed by atoms with E-state index in [9.17, 15) is 9.18 Å². The Bertz CT molecular complexity index is 1270. The lowest BCUT2D eigenvalue weighted by Gasteiger charge is -2.31. The molecule has 0 bridgehead atoms. The van der Waals surface area contributed by atoms with Gasteiger partial charge in [0.25, 0.3) is 5.56 Å². The number of nitrogens with one attached hydrogen (secondary N) is 2. The normalized spacial score (nSPS) is 15.9. The lowest BCUT2D eigenvalue weighted by atomic mass is 9.95. The van der Waals surface area contributed by atoms with E-state index >= 15 is 0 Å². The molecule has 4 aromatic rings. The van der Waals surface area contributed by atoms with Crippen molar-refractivity contribution in [3.63, 3.8) is 0 Å². The Morgan fingerprint density at radius 1 is 1.13 bits per heavy atom. The van der Waals surface area contributed by atoms with Crippen LogP contribution in [0.15, 0.2) is 47.4 Å². The van der Waals surface area contributed by atoms with Crippen LogP contribution < -0.4 is 5.56 Å². The molecule has 0 aliphatic carbocycles. The number of hydrogen-bond donors (Lipinski definition) is 2. The fourth-order valence-electron chi connectivity index (χ4n) is 4.39. The van der Waals surface area contributed by atoms with Gasteiger partial charge in [0, 0.05) is 34.6 Å². The number of rotatable bonds is 4. The van der Waals surface area contributed by atoms with Gasteiger partial charge < -0.3 is 14.9 Å². The van der Waals surface area contributed by atoms with Gasteiger partial charge in [-0.25, -0.2) is 9.37 Å². The summed E-state index contributed by atoms with van der Waals surface area (Å²) in [5.74, 6) is 0.807. The van der Waals surface area contributed by atoms with Crippen molar-refractivity contribution >= 4 is 33.4 Å². The van der Waals surface area contributed by atoms with Gasteiger partial charge in [-0.3, -0.25) is 4.79 Å². The molecule has 1 aliphatic heterocycles. The molecule has 2 aromatic carbocycles. The number of benzene rings is 2. The van der Waals surface area contributed by atoms with Crippen LogP contribution in [0, 0.1) is 5.82 Å². The van der Waals surface area contributed by atoms with Crippen LogP contribution in [-0.2, 0) is 6.42 Å². The number of aromatic amines is 2. The van der Waals surface area contributed by atoms with Crippen LogP contribution in [-0.4, -0.2) is 39.5 Å². The molecule has 0 radical (unpaired) electrons. The van der Waals surface area contributed by atoms with Crippen molar-refractivity contribution in [3.8, 4) is 0 Å². The lowest BCUT2D eigenvalue weighted by molar-refractivity contribution is 0.211. The second kappa shape index (κ2) is 7.85. The fraction of sp³-hybridized carbons (Fsp3) is 0.304. The van der Waals surface area contributed by atoms with E-state index in [1.165, 1.54) is 6.07 Å². The molecule has 154 valence electrons. The Morgan fingerprint density at radius 2 is 1.97 bits per heavy atom. The third-order valence-electron chi connectivity index (χ3n) is 6.09. The number of halogens is 2. The third kappa shape index (κ3) is 3.73. The Kier molecular flexibility index (Phi) is 5.05. The molecule has 1 fully saturated rings.